The van der Waals surface area contributed by atoms with Crippen LogP contribution in [0.15, 0.2) is 84.3 Å². The maximum absolute atomic E-state index is 13.6. The Morgan fingerprint density at radius 3 is 2.40 bits per heavy atom. The Morgan fingerprint density at radius 1 is 1.02 bits per heavy atom. The fourth-order valence-electron chi connectivity index (χ4n) is 4.94. The molecule has 0 bridgehead atoms. The van der Waals surface area contributed by atoms with E-state index in [1.807, 2.05) is 64.2 Å². The second-order valence-electron chi connectivity index (χ2n) is 10.6. The minimum absolute atomic E-state index is 0.00762. The van der Waals surface area contributed by atoms with E-state index in [2.05, 4.69) is 25.7 Å². The number of aromatic nitrogens is 5. The topological polar surface area (TPSA) is 127 Å². The van der Waals surface area contributed by atoms with Crippen LogP contribution in [0.2, 0.25) is 5.02 Å². The number of aryl methyl sites for hydroxylation is 2. The fraction of sp³-hybridized carbons (Fsp3) is 0.219. The Kier molecular flexibility index (Phi) is 8.58. The maximum Gasteiger partial charge on any atom is 0.272 e. The number of benzene rings is 2. The maximum atomic E-state index is 13.6. The van der Waals surface area contributed by atoms with Crippen molar-refractivity contribution in [2.75, 3.05) is 5.32 Å². The summed E-state index contributed by atoms with van der Waals surface area (Å²) in [5, 5.41) is 10.5. The Morgan fingerprint density at radius 2 is 1.74 bits per heavy atom. The minimum Gasteiger partial charge on any atom is -0.350 e. The summed E-state index contributed by atoms with van der Waals surface area (Å²) in [4.78, 5) is 45.6. The SMILES string of the molecule is Cc1cnn(C)c1-c1ccc(NC(=O)[C@H](Cc2cc(-c3ccc(=O)n(C(C)C)c3)ccc2Cl)NC(=O)c2c[nH]cn2)cc1. The summed E-state index contributed by atoms with van der Waals surface area (Å²) in [5.74, 6) is -0.914. The zero-order valence-corrected chi connectivity index (χ0v) is 25.0. The van der Waals surface area contributed by atoms with Gasteiger partial charge in [0.1, 0.15) is 11.7 Å². The second kappa shape index (κ2) is 12.5. The van der Waals surface area contributed by atoms with Gasteiger partial charge in [-0.15, -0.1) is 0 Å². The van der Waals surface area contributed by atoms with Gasteiger partial charge in [-0.2, -0.15) is 5.10 Å². The average Bonchev–Trinajstić information content (AvgIpc) is 3.64. The highest BCUT2D eigenvalue weighted by Crippen LogP contribution is 2.27. The molecule has 3 aromatic heterocycles. The highest BCUT2D eigenvalue weighted by atomic mass is 35.5. The number of aromatic amines is 1. The Hall–Kier alpha value is -4.96. The lowest BCUT2D eigenvalue weighted by molar-refractivity contribution is -0.118. The van der Waals surface area contributed by atoms with E-state index in [-0.39, 0.29) is 23.7 Å². The van der Waals surface area contributed by atoms with Crippen LogP contribution in [0.4, 0.5) is 5.69 Å². The van der Waals surface area contributed by atoms with Crippen molar-refractivity contribution >= 4 is 29.1 Å². The summed E-state index contributed by atoms with van der Waals surface area (Å²) in [6.45, 7) is 5.88. The van der Waals surface area contributed by atoms with E-state index in [0.29, 0.717) is 16.3 Å². The van der Waals surface area contributed by atoms with E-state index in [1.165, 1.54) is 18.6 Å². The zero-order valence-electron chi connectivity index (χ0n) is 24.3. The molecule has 0 aliphatic rings. The van der Waals surface area contributed by atoms with Gasteiger partial charge < -0.3 is 20.2 Å². The lowest BCUT2D eigenvalue weighted by atomic mass is 9.99. The minimum atomic E-state index is -0.972. The van der Waals surface area contributed by atoms with E-state index in [9.17, 15) is 14.4 Å². The van der Waals surface area contributed by atoms with Crippen molar-refractivity contribution in [1.29, 1.82) is 0 Å². The van der Waals surface area contributed by atoms with Gasteiger partial charge in [0.15, 0.2) is 0 Å². The molecule has 2 amide bonds. The third-order valence-electron chi connectivity index (χ3n) is 7.20. The summed E-state index contributed by atoms with van der Waals surface area (Å²) in [7, 11) is 1.88. The monoisotopic (exact) mass is 597 g/mol. The number of imidazole rings is 1. The molecule has 0 fully saturated rings. The van der Waals surface area contributed by atoms with E-state index >= 15 is 0 Å². The average molecular weight is 598 g/mol. The van der Waals surface area contributed by atoms with Gasteiger partial charge in [0.05, 0.1) is 18.2 Å². The summed E-state index contributed by atoms with van der Waals surface area (Å²) < 4.78 is 3.46. The molecule has 43 heavy (non-hydrogen) atoms. The first kappa shape index (κ1) is 29.5. The third kappa shape index (κ3) is 6.60. The van der Waals surface area contributed by atoms with Crippen LogP contribution >= 0.6 is 11.6 Å². The Bertz CT molecular complexity index is 1800. The second-order valence-corrected chi connectivity index (χ2v) is 11.0. The molecule has 0 aliphatic heterocycles. The molecule has 11 heteroatoms. The quantitative estimate of drug-likeness (QED) is 0.216. The van der Waals surface area contributed by atoms with Crippen molar-refractivity contribution < 1.29 is 9.59 Å². The van der Waals surface area contributed by atoms with Crippen LogP contribution in [-0.4, -0.2) is 42.2 Å². The van der Waals surface area contributed by atoms with E-state index in [4.69, 9.17) is 11.6 Å². The Labute approximate surface area is 253 Å². The number of hydrogen-bond acceptors (Lipinski definition) is 5. The van der Waals surface area contributed by atoms with Crippen LogP contribution < -0.4 is 16.2 Å². The van der Waals surface area contributed by atoms with Crippen LogP contribution in [0.25, 0.3) is 22.4 Å². The molecular weight excluding hydrogens is 566 g/mol. The van der Waals surface area contributed by atoms with Gasteiger partial charge in [-0.3, -0.25) is 19.1 Å². The summed E-state index contributed by atoms with van der Waals surface area (Å²) in [6, 6.07) is 15.2. The largest absolute Gasteiger partial charge is 0.350 e. The highest BCUT2D eigenvalue weighted by Gasteiger charge is 2.24. The van der Waals surface area contributed by atoms with Crippen molar-refractivity contribution in [3.63, 3.8) is 0 Å². The molecule has 5 rings (SSSR count). The number of carbonyl (C=O) groups excluding carboxylic acids is 2. The molecule has 3 N–H and O–H groups in total. The predicted molar refractivity (Wildman–Crippen MR) is 167 cm³/mol. The highest BCUT2D eigenvalue weighted by molar-refractivity contribution is 6.31. The number of H-pyrrole nitrogens is 1. The van der Waals surface area contributed by atoms with Crippen molar-refractivity contribution in [1.82, 2.24) is 29.6 Å². The summed E-state index contributed by atoms with van der Waals surface area (Å²) >= 11 is 6.60. The molecule has 5 aromatic rings. The van der Waals surface area contributed by atoms with Gasteiger partial charge in [-0.05, 0) is 73.4 Å². The van der Waals surface area contributed by atoms with Crippen molar-refractivity contribution in [3.05, 3.63) is 112 Å². The number of nitrogens with zero attached hydrogens (tertiary/aromatic N) is 4. The molecule has 10 nitrogen and oxygen atoms in total. The number of anilines is 1. The molecule has 0 spiro atoms. The fourth-order valence-corrected chi connectivity index (χ4v) is 5.13. The van der Waals surface area contributed by atoms with Crippen molar-refractivity contribution in [2.45, 2.75) is 39.3 Å². The van der Waals surface area contributed by atoms with E-state index < -0.39 is 17.9 Å². The first-order valence-electron chi connectivity index (χ1n) is 13.8. The van der Waals surface area contributed by atoms with Gasteiger partial charge in [0, 0.05) is 54.2 Å². The van der Waals surface area contributed by atoms with Crippen molar-refractivity contribution in [2.24, 2.45) is 7.05 Å². The lowest BCUT2D eigenvalue weighted by Gasteiger charge is -2.20. The number of carbonyl (C=O) groups is 2. The van der Waals surface area contributed by atoms with E-state index in [0.717, 1.165) is 27.9 Å². The molecular formula is C32H32ClN7O3. The number of hydrogen-bond donors (Lipinski definition) is 3. The summed E-state index contributed by atoms with van der Waals surface area (Å²) in [6.07, 6.45) is 6.58. The zero-order chi connectivity index (χ0) is 30.7. The number of halogens is 1. The normalized spacial score (nSPS) is 11.9. The number of pyridine rings is 1. The first-order chi connectivity index (χ1) is 20.6. The van der Waals surface area contributed by atoms with Crippen LogP contribution in [-0.2, 0) is 18.3 Å². The molecule has 2 aromatic carbocycles. The van der Waals surface area contributed by atoms with Gasteiger partial charge >= 0.3 is 0 Å². The molecule has 1 atom stereocenters. The Balaban J connectivity index is 1.42. The van der Waals surface area contributed by atoms with Gasteiger partial charge in [-0.1, -0.05) is 29.8 Å². The number of amides is 2. The van der Waals surface area contributed by atoms with Gasteiger partial charge in [0.2, 0.25) is 5.91 Å². The molecule has 0 aliphatic carbocycles. The van der Waals surface area contributed by atoms with Gasteiger partial charge in [0.25, 0.3) is 11.5 Å². The van der Waals surface area contributed by atoms with Crippen LogP contribution in [0, 0.1) is 6.92 Å². The molecule has 0 radical (unpaired) electrons. The molecule has 0 saturated carbocycles. The summed E-state index contributed by atoms with van der Waals surface area (Å²) in [5.41, 5.74) is 5.95. The van der Waals surface area contributed by atoms with Crippen LogP contribution in [0.1, 0.15) is 41.5 Å². The van der Waals surface area contributed by atoms with Crippen LogP contribution in [0.3, 0.4) is 0 Å². The number of nitrogens with one attached hydrogen (secondary N) is 3. The molecule has 0 unspecified atom stereocenters. The van der Waals surface area contributed by atoms with Crippen molar-refractivity contribution in [3.8, 4) is 22.4 Å². The predicted octanol–water partition coefficient (Wildman–Crippen LogP) is 5.16. The lowest BCUT2D eigenvalue weighted by Crippen LogP contribution is -2.45. The third-order valence-corrected chi connectivity index (χ3v) is 7.57. The number of rotatable bonds is 9. The van der Waals surface area contributed by atoms with Crippen LogP contribution in [0.5, 0.6) is 0 Å². The molecule has 220 valence electrons. The standard InChI is InChI=1S/C32H32ClN7O3/c1-19(2)40-17-23(8-12-29(40)41)22-7-11-26(33)24(13-22)14-27(38-32(43)28-16-34-18-35-28)31(42)37-25-9-5-21(6-10-25)30-20(3)15-36-39(30)4/h5-13,15-19,27H,14H2,1-4H3,(H,34,35)(H,37,42)(H,38,43)/t27-/m0/s1. The molecule has 0 saturated heterocycles. The smallest absolute Gasteiger partial charge is 0.272 e. The van der Waals surface area contributed by atoms with Gasteiger partial charge in [-0.25, -0.2) is 4.98 Å². The van der Waals surface area contributed by atoms with E-state index in [1.54, 1.807) is 33.8 Å². The molecule has 3 heterocycles. The first-order valence-corrected chi connectivity index (χ1v) is 14.2.